The number of aromatic nitrogens is 2. The minimum absolute atomic E-state index is 0.0673. The first-order chi connectivity index (χ1) is 12.9. The average Bonchev–Trinajstić information content (AvgIpc) is 2.67. The molecule has 0 radical (unpaired) electrons. The Hall–Kier alpha value is -3.03. The van der Waals surface area contributed by atoms with Crippen LogP contribution in [-0.4, -0.2) is 43.3 Å². The van der Waals surface area contributed by atoms with Crippen LogP contribution in [0.1, 0.15) is 16.8 Å². The Kier molecular flexibility index (Phi) is 6.81. The van der Waals surface area contributed by atoms with E-state index in [4.69, 9.17) is 14.2 Å². The molecule has 0 spiro atoms. The van der Waals surface area contributed by atoms with E-state index < -0.39 is 0 Å². The number of rotatable bonds is 8. The number of hydrogen-bond donors (Lipinski definition) is 1. The molecule has 1 heterocycles. The van der Waals surface area contributed by atoms with Gasteiger partial charge in [-0.05, 0) is 38.0 Å². The monoisotopic (exact) mass is 375 g/mol. The van der Waals surface area contributed by atoms with E-state index in [9.17, 15) is 9.59 Å². The third kappa shape index (κ3) is 4.78. The van der Waals surface area contributed by atoms with E-state index in [1.54, 1.807) is 35.2 Å². The van der Waals surface area contributed by atoms with Gasteiger partial charge < -0.3 is 19.5 Å². The summed E-state index contributed by atoms with van der Waals surface area (Å²) in [6, 6.07) is 3.68. The van der Waals surface area contributed by atoms with Crippen molar-refractivity contribution in [1.29, 1.82) is 0 Å². The molecule has 146 valence electrons. The maximum Gasteiger partial charge on any atom is 0.256 e. The van der Waals surface area contributed by atoms with Gasteiger partial charge >= 0.3 is 0 Å². The van der Waals surface area contributed by atoms with Crippen LogP contribution in [0, 0.1) is 13.8 Å². The van der Waals surface area contributed by atoms with Gasteiger partial charge in [0.05, 0.1) is 27.7 Å². The van der Waals surface area contributed by atoms with Crippen LogP contribution in [0.2, 0.25) is 0 Å². The molecule has 8 heteroatoms. The van der Waals surface area contributed by atoms with Crippen LogP contribution in [0.3, 0.4) is 0 Å². The summed E-state index contributed by atoms with van der Waals surface area (Å²) in [5, 5.41) is 2.81. The summed E-state index contributed by atoms with van der Waals surface area (Å²) < 4.78 is 17.2. The lowest BCUT2D eigenvalue weighted by atomic mass is 10.1. The second-order valence-electron chi connectivity index (χ2n) is 6.02. The first-order valence-corrected chi connectivity index (χ1v) is 8.49. The van der Waals surface area contributed by atoms with Crippen LogP contribution in [0.5, 0.6) is 17.2 Å². The van der Waals surface area contributed by atoms with Crippen molar-refractivity contribution in [3.63, 3.8) is 0 Å². The van der Waals surface area contributed by atoms with E-state index >= 15 is 0 Å². The highest BCUT2D eigenvalue weighted by atomic mass is 16.5. The first-order valence-electron chi connectivity index (χ1n) is 8.49. The number of nitrogens with one attached hydrogen (secondary N) is 1. The molecule has 8 nitrogen and oxygen atoms in total. The smallest absolute Gasteiger partial charge is 0.256 e. The van der Waals surface area contributed by atoms with Crippen molar-refractivity contribution >= 4 is 5.91 Å². The Morgan fingerprint density at radius 3 is 2.30 bits per heavy atom. The van der Waals surface area contributed by atoms with Gasteiger partial charge in [0.1, 0.15) is 6.54 Å². The molecular formula is C19H25N3O5. The van der Waals surface area contributed by atoms with E-state index in [0.717, 1.165) is 5.56 Å². The second kappa shape index (κ2) is 9.07. The molecule has 0 saturated heterocycles. The number of nitrogens with zero attached hydrogens (tertiary/aromatic N) is 2. The number of amides is 1. The lowest BCUT2D eigenvalue weighted by molar-refractivity contribution is -0.121. The van der Waals surface area contributed by atoms with Gasteiger partial charge in [0.2, 0.25) is 11.7 Å². The van der Waals surface area contributed by atoms with Gasteiger partial charge in [-0.2, -0.15) is 0 Å². The Morgan fingerprint density at radius 2 is 1.74 bits per heavy atom. The second-order valence-corrected chi connectivity index (χ2v) is 6.02. The summed E-state index contributed by atoms with van der Waals surface area (Å²) in [5.74, 6) is 1.39. The van der Waals surface area contributed by atoms with Gasteiger partial charge in [0.25, 0.3) is 5.56 Å². The van der Waals surface area contributed by atoms with E-state index in [1.807, 2.05) is 12.1 Å². The highest BCUT2D eigenvalue weighted by molar-refractivity contribution is 5.75. The SMILES string of the molecule is COc1cc(CCNC(=O)Cn2cnc(C)c(C)c2=O)cc(OC)c1OC. The molecule has 0 unspecified atom stereocenters. The maximum absolute atomic E-state index is 12.1. The predicted octanol–water partition coefficient (Wildman–Crippen LogP) is 1.24. The molecule has 0 fully saturated rings. The third-order valence-electron chi connectivity index (χ3n) is 4.29. The molecular weight excluding hydrogens is 350 g/mol. The standard InChI is InChI=1S/C19H25N3O5/c1-12-13(2)21-11-22(19(12)24)10-17(23)20-7-6-14-8-15(25-3)18(27-5)16(9-14)26-4/h8-9,11H,6-7,10H2,1-5H3,(H,20,23). The van der Waals surface area contributed by atoms with Crippen LogP contribution in [-0.2, 0) is 17.8 Å². The summed E-state index contributed by atoms with van der Waals surface area (Å²) >= 11 is 0. The van der Waals surface area contributed by atoms with Gasteiger partial charge in [0.15, 0.2) is 11.5 Å². The van der Waals surface area contributed by atoms with E-state index in [0.29, 0.717) is 41.5 Å². The quantitative estimate of drug-likeness (QED) is 0.747. The zero-order chi connectivity index (χ0) is 20.0. The molecule has 2 rings (SSSR count). The van der Waals surface area contributed by atoms with E-state index in [1.165, 1.54) is 10.9 Å². The molecule has 0 aliphatic heterocycles. The molecule has 0 atom stereocenters. The van der Waals surface area contributed by atoms with E-state index in [-0.39, 0.29) is 18.0 Å². The normalized spacial score (nSPS) is 10.4. The predicted molar refractivity (Wildman–Crippen MR) is 101 cm³/mol. The third-order valence-corrected chi connectivity index (χ3v) is 4.29. The number of aryl methyl sites for hydroxylation is 1. The fourth-order valence-electron chi connectivity index (χ4n) is 2.62. The van der Waals surface area contributed by atoms with Gasteiger partial charge in [-0.15, -0.1) is 0 Å². The summed E-state index contributed by atoms with van der Waals surface area (Å²) in [6.45, 7) is 3.80. The fourth-order valence-corrected chi connectivity index (χ4v) is 2.62. The lowest BCUT2D eigenvalue weighted by Crippen LogP contribution is -2.34. The maximum atomic E-state index is 12.1. The van der Waals surface area contributed by atoms with Crippen LogP contribution in [0.15, 0.2) is 23.3 Å². The topological polar surface area (TPSA) is 91.7 Å². The highest BCUT2D eigenvalue weighted by Crippen LogP contribution is 2.38. The minimum Gasteiger partial charge on any atom is -0.493 e. The number of ether oxygens (including phenoxy) is 3. The van der Waals surface area contributed by atoms with Crippen LogP contribution in [0.25, 0.3) is 0 Å². The van der Waals surface area contributed by atoms with Crippen molar-refractivity contribution in [3.05, 3.63) is 45.6 Å². The molecule has 27 heavy (non-hydrogen) atoms. The summed E-state index contributed by atoms with van der Waals surface area (Å²) in [4.78, 5) is 28.4. The van der Waals surface area contributed by atoms with E-state index in [2.05, 4.69) is 10.3 Å². The van der Waals surface area contributed by atoms with Gasteiger partial charge in [-0.1, -0.05) is 0 Å². The zero-order valence-corrected chi connectivity index (χ0v) is 16.3. The number of methoxy groups -OCH3 is 3. The summed E-state index contributed by atoms with van der Waals surface area (Å²) in [7, 11) is 4.65. The molecule has 0 saturated carbocycles. The molecule has 1 amide bonds. The molecule has 0 bridgehead atoms. The van der Waals surface area contributed by atoms with Crippen molar-refractivity contribution < 1.29 is 19.0 Å². The number of carbonyl (C=O) groups is 1. The average molecular weight is 375 g/mol. The molecule has 1 aromatic heterocycles. The Bertz CT molecular complexity index is 851. The fraction of sp³-hybridized carbons (Fsp3) is 0.421. The Balaban J connectivity index is 1.99. The van der Waals surface area contributed by atoms with Crippen molar-refractivity contribution in [2.24, 2.45) is 0 Å². The van der Waals surface area contributed by atoms with Gasteiger partial charge in [0, 0.05) is 17.8 Å². The molecule has 1 N–H and O–H groups in total. The van der Waals surface area contributed by atoms with Crippen molar-refractivity contribution in [3.8, 4) is 17.2 Å². The summed E-state index contributed by atoms with van der Waals surface area (Å²) in [5.41, 5.74) is 1.93. The molecule has 1 aromatic carbocycles. The van der Waals surface area contributed by atoms with Crippen molar-refractivity contribution in [2.45, 2.75) is 26.8 Å². The molecule has 0 aliphatic carbocycles. The lowest BCUT2D eigenvalue weighted by Gasteiger charge is -2.14. The van der Waals surface area contributed by atoms with Crippen molar-refractivity contribution in [1.82, 2.24) is 14.9 Å². The van der Waals surface area contributed by atoms with Crippen LogP contribution < -0.4 is 25.1 Å². The largest absolute Gasteiger partial charge is 0.493 e. The van der Waals surface area contributed by atoms with Crippen LogP contribution >= 0.6 is 0 Å². The zero-order valence-electron chi connectivity index (χ0n) is 16.3. The number of carbonyl (C=O) groups excluding carboxylic acids is 1. The minimum atomic E-state index is -0.255. The first kappa shape index (κ1) is 20.3. The highest BCUT2D eigenvalue weighted by Gasteiger charge is 2.13. The van der Waals surface area contributed by atoms with Gasteiger partial charge in [-0.25, -0.2) is 4.98 Å². The molecule has 2 aromatic rings. The van der Waals surface area contributed by atoms with Gasteiger partial charge in [-0.3, -0.25) is 14.2 Å². The number of hydrogen-bond acceptors (Lipinski definition) is 6. The molecule has 0 aliphatic rings. The Labute approximate surface area is 158 Å². The number of benzene rings is 1. The van der Waals surface area contributed by atoms with Crippen LogP contribution in [0.4, 0.5) is 0 Å². The van der Waals surface area contributed by atoms with Crippen molar-refractivity contribution in [2.75, 3.05) is 27.9 Å². The Morgan fingerprint density at radius 1 is 1.11 bits per heavy atom. The summed E-state index contributed by atoms with van der Waals surface area (Å²) in [6.07, 6.45) is 1.96.